The van der Waals surface area contributed by atoms with E-state index in [1.54, 1.807) is 0 Å². The molecule has 0 bridgehead atoms. The van der Waals surface area contributed by atoms with Gasteiger partial charge < -0.3 is 10.3 Å². The second kappa shape index (κ2) is 5.57. The molecule has 3 heterocycles. The van der Waals surface area contributed by atoms with Gasteiger partial charge in [-0.2, -0.15) is 0 Å². The zero-order valence-electron chi connectivity index (χ0n) is 14.9. The summed E-state index contributed by atoms with van der Waals surface area (Å²) in [5.74, 6) is 0.869. The monoisotopic (exact) mass is 364 g/mol. The van der Waals surface area contributed by atoms with E-state index in [1.165, 1.54) is 0 Å². The van der Waals surface area contributed by atoms with Gasteiger partial charge in [-0.15, -0.1) is 0 Å². The number of aromatic amines is 1. The molecule has 1 aliphatic rings. The van der Waals surface area contributed by atoms with Crippen molar-refractivity contribution in [2.24, 2.45) is 0 Å². The minimum Gasteiger partial charge on any atom is -0.360 e. The summed E-state index contributed by atoms with van der Waals surface area (Å²) in [6.45, 7) is 0. The van der Waals surface area contributed by atoms with Gasteiger partial charge in [0.1, 0.15) is 12.0 Å². The summed E-state index contributed by atoms with van der Waals surface area (Å²) in [5, 5.41) is 4.56. The predicted molar refractivity (Wildman–Crippen MR) is 111 cm³/mol. The first kappa shape index (κ1) is 15.2. The van der Waals surface area contributed by atoms with Gasteiger partial charge in [-0.25, -0.2) is 4.98 Å². The summed E-state index contributed by atoms with van der Waals surface area (Å²) in [6, 6.07) is 25.9. The Morgan fingerprint density at radius 3 is 2.64 bits per heavy atom. The lowest BCUT2D eigenvalue weighted by molar-refractivity contribution is 0.662. The van der Waals surface area contributed by atoms with E-state index < -0.39 is 0 Å². The van der Waals surface area contributed by atoms with Crippen molar-refractivity contribution in [2.45, 2.75) is 6.17 Å². The Labute approximate surface area is 160 Å². The zero-order valence-corrected chi connectivity index (χ0v) is 14.9. The lowest BCUT2D eigenvalue weighted by Gasteiger charge is -2.29. The molecule has 6 rings (SSSR count). The van der Waals surface area contributed by atoms with Gasteiger partial charge in [-0.3, -0.25) is 9.36 Å². The van der Waals surface area contributed by atoms with Crippen molar-refractivity contribution in [1.82, 2.24) is 14.5 Å². The summed E-state index contributed by atoms with van der Waals surface area (Å²) in [4.78, 5) is 20.9. The molecule has 0 unspecified atom stereocenters. The molecule has 0 saturated heterocycles. The van der Waals surface area contributed by atoms with Gasteiger partial charge in [0.25, 0.3) is 5.56 Å². The van der Waals surface area contributed by atoms with E-state index in [-0.39, 0.29) is 11.7 Å². The Kier molecular flexibility index (Phi) is 3.03. The lowest BCUT2D eigenvalue weighted by atomic mass is 10.1. The van der Waals surface area contributed by atoms with Crippen LogP contribution in [0.5, 0.6) is 0 Å². The number of pyridine rings is 1. The van der Waals surface area contributed by atoms with Crippen LogP contribution in [0.25, 0.3) is 33.3 Å². The highest BCUT2D eigenvalue weighted by molar-refractivity contribution is 5.87. The third kappa shape index (κ3) is 2.07. The number of rotatable bonds is 1. The van der Waals surface area contributed by atoms with Crippen LogP contribution < -0.4 is 10.9 Å². The molecule has 0 fully saturated rings. The fourth-order valence-electron chi connectivity index (χ4n) is 4.10. The van der Waals surface area contributed by atoms with Crippen LogP contribution in [0, 0.1) is 0 Å². The molecular weight excluding hydrogens is 348 g/mol. The molecule has 1 aliphatic heterocycles. The zero-order chi connectivity index (χ0) is 18.7. The van der Waals surface area contributed by atoms with Crippen molar-refractivity contribution >= 4 is 27.6 Å². The molecule has 5 nitrogen and oxygen atoms in total. The predicted octanol–water partition coefficient (Wildman–Crippen LogP) is 4.52. The van der Waals surface area contributed by atoms with Crippen molar-refractivity contribution < 1.29 is 0 Å². The maximum atomic E-state index is 13.0. The first-order chi connectivity index (χ1) is 13.8. The van der Waals surface area contributed by atoms with Gasteiger partial charge in [0, 0.05) is 16.8 Å². The number of benzene rings is 3. The van der Waals surface area contributed by atoms with Gasteiger partial charge in [-0.05, 0) is 41.8 Å². The topological polar surface area (TPSA) is 62.7 Å². The third-order valence-corrected chi connectivity index (χ3v) is 5.39. The highest BCUT2D eigenvalue weighted by Crippen LogP contribution is 2.40. The van der Waals surface area contributed by atoms with Gasteiger partial charge in [-0.1, -0.05) is 42.5 Å². The van der Waals surface area contributed by atoms with E-state index in [0.717, 1.165) is 39.0 Å². The molecule has 0 radical (unpaired) electrons. The maximum absolute atomic E-state index is 13.0. The number of imidazole rings is 1. The molecule has 28 heavy (non-hydrogen) atoms. The van der Waals surface area contributed by atoms with Gasteiger partial charge in [0.2, 0.25) is 0 Å². The molecule has 0 aliphatic carbocycles. The Morgan fingerprint density at radius 1 is 0.893 bits per heavy atom. The molecule has 0 amide bonds. The molecule has 3 aromatic carbocycles. The smallest absolute Gasteiger partial charge is 0.255 e. The van der Waals surface area contributed by atoms with Crippen LogP contribution in [0.15, 0.2) is 83.7 Å². The molecule has 5 heteroatoms. The van der Waals surface area contributed by atoms with E-state index in [2.05, 4.69) is 20.9 Å². The lowest BCUT2D eigenvalue weighted by Crippen LogP contribution is -2.30. The van der Waals surface area contributed by atoms with Crippen LogP contribution in [0.3, 0.4) is 0 Å². The number of hydrogen-bond donors (Lipinski definition) is 2. The third-order valence-electron chi connectivity index (χ3n) is 5.39. The first-order valence-corrected chi connectivity index (χ1v) is 9.24. The molecule has 0 spiro atoms. The van der Waals surface area contributed by atoms with E-state index in [9.17, 15) is 4.79 Å². The van der Waals surface area contributed by atoms with Crippen molar-refractivity contribution in [3.63, 3.8) is 0 Å². The Hall–Kier alpha value is -3.86. The largest absolute Gasteiger partial charge is 0.360 e. The number of hydrogen-bond acceptors (Lipinski definition) is 3. The van der Waals surface area contributed by atoms with Gasteiger partial charge >= 0.3 is 0 Å². The summed E-state index contributed by atoms with van der Waals surface area (Å²) in [7, 11) is 0. The van der Waals surface area contributed by atoms with Crippen LogP contribution in [0.2, 0.25) is 0 Å². The summed E-state index contributed by atoms with van der Waals surface area (Å²) in [5.41, 5.74) is 5.32. The Bertz CT molecular complexity index is 1430. The average molecular weight is 364 g/mol. The molecule has 2 N–H and O–H groups in total. The average Bonchev–Trinajstić information content (AvgIpc) is 3.13. The fourth-order valence-corrected chi connectivity index (χ4v) is 4.10. The molecular formula is C23H16N4O. The van der Waals surface area contributed by atoms with Crippen molar-refractivity contribution in [3.8, 4) is 11.4 Å². The van der Waals surface area contributed by atoms with Crippen LogP contribution in [0.4, 0.5) is 5.69 Å². The molecule has 0 saturated carbocycles. The highest BCUT2D eigenvalue weighted by Gasteiger charge is 2.29. The summed E-state index contributed by atoms with van der Waals surface area (Å²) < 4.78 is 2.12. The molecule has 1 atom stereocenters. The quantitative estimate of drug-likeness (QED) is 0.460. The molecule has 134 valence electrons. The Balaban J connectivity index is 1.68. The second-order valence-corrected chi connectivity index (χ2v) is 7.03. The maximum Gasteiger partial charge on any atom is 0.255 e. The van der Waals surface area contributed by atoms with Crippen molar-refractivity contribution in [1.29, 1.82) is 0 Å². The van der Waals surface area contributed by atoms with E-state index in [1.807, 2.05) is 72.8 Å². The number of para-hydroxylation sites is 4. The van der Waals surface area contributed by atoms with Crippen LogP contribution in [0.1, 0.15) is 11.7 Å². The standard InChI is InChI=1S/C23H16N4O/c28-23-16(13-14-7-1-3-9-17(14)26-23)22-24-18-10-4-2-8-15(18)21-25-19-11-5-6-12-20(19)27(21)22/h1-13,22,24H,(H,26,28)/t22-/m1/s1. The SMILES string of the molecule is O=c1[nH]c2ccccc2cc1[C@@H]1Nc2ccccc2-c2nc3ccccc3n21. The van der Waals surface area contributed by atoms with Gasteiger partial charge in [0.05, 0.1) is 16.6 Å². The van der Waals surface area contributed by atoms with E-state index >= 15 is 0 Å². The normalized spacial score (nSPS) is 15.2. The molecule has 5 aromatic rings. The first-order valence-electron chi connectivity index (χ1n) is 9.24. The highest BCUT2D eigenvalue weighted by atomic mass is 16.1. The summed E-state index contributed by atoms with van der Waals surface area (Å²) >= 11 is 0. The van der Waals surface area contributed by atoms with E-state index in [4.69, 9.17) is 4.98 Å². The number of aromatic nitrogens is 3. The van der Waals surface area contributed by atoms with Crippen LogP contribution in [-0.4, -0.2) is 14.5 Å². The van der Waals surface area contributed by atoms with E-state index in [0.29, 0.717) is 5.56 Å². The van der Waals surface area contributed by atoms with Crippen molar-refractivity contribution in [3.05, 3.63) is 94.8 Å². The number of nitrogens with zero attached hydrogens (tertiary/aromatic N) is 2. The minimum absolute atomic E-state index is 0.0979. The van der Waals surface area contributed by atoms with Crippen molar-refractivity contribution in [2.75, 3.05) is 5.32 Å². The number of nitrogens with one attached hydrogen (secondary N) is 2. The number of H-pyrrole nitrogens is 1. The van der Waals surface area contributed by atoms with Gasteiger partial charge in [0.15, 0.2) is 0 Å². The Morgan fingerprint density at radius 2 is 1.68 bits per heavy atom. The summed E-state index contributed by atoms with van der Waals surface area (Å²) in [6.07, 6.45) is -0.342. The fraction of sp³-hybridized carbons (Fsp3) is 0.0435. The minimum atomic E-state index is -0.342. The number of anilines is 1. The van der Waals surface area contributed by atoms with Crippen LogP contribution in [-0.2, 0) is 0 Å². The van der Waals surface area contributed by atoms with Crippen LogP contribution >= 0.6 is 0 Å². The second-order valence-electron chi connectivity index (χ2n) is 7.03. The number of fused-ring (bicyclic) bond motifs is 6. The molecule has 2 aromatic heterocycles.